The minimum Gasteiger partial charge on any atom is -0.493 e. The van der Waals surface area contributed by atoms with Crippen LogP contribution in [0, 0.1) is 6.92 Å². The van der Waals surface area contributed by atoms with Gasteiger partial charge < -0.3 is 14.8 Å². The van der Waals surface area contributed by atoms with E-state index >= 15 is 0 Å². The average molecular weight is 373 g/mol. The van der Waals surface area contributed by atoms with Crippen molar-refractivity contribution in [2.24, 2.45) is 0 Å². The predicted octanol–water partition coefficient (Wildman–Crippen LogP) is 3.93. The Morgan fingerprint density at radius 3 is 2.48 bits per heavy atom. The monoisotopic (exact) mass is 371 g/mol. The van der Waals surface area contributed by atoms with E-state index in [1.807, 2.05) is 13.0 Å². The van der Waals surface area contributed by atoms with E-state index in [1.54, 1.807) is 27.3 Å². The summed E-state index contributed by atoms with van der Waals surface area (Å²) in [6.45, 7) is 1.89. The van der Waals surface area contributed by atoms with E-state index < -0.39 is 0 Å². The summed E-state index contributed by atoms with van der Waals surface area (Å²) in [6.07, 6.45) is 0. The van der Waals surface area contributed by atoms with Crippen LogP contribution in [-0.4, -0.2) is 31.2 Å². The lowest BCUT2D eigenvalue weighted by atomic mass is 10.1. The Balaban J connectivity index is 2.65. The van der Waals surface area contributed by atoms with Crippen molar-refractivity contribution in [3.8, 4) is 22.9 Å². The van der Waals surface area contributed by atoms with Crippen molar-refractivity contribution in [1.29, 1.82) is 0 Å². The van der Waals surface area contributed by atoms with Gasteiger partial charge in [-0.2, -0.15) is 0 Å². The molecule has 0 spiro atoms. The van der Waals surface area contributed by atoms with Crippen molar-refractivity contribution in [3.05, 3.63) is 27.3 Å². The number of aryl methyl sites for hydroxylation is 1. The first-order chi connectivity index (χ1) is 10.0. The third-order valence-corrected chi connectivity index (χ3v) is 4.30. The number of rotatable bonds is 4. The zero-order valence-electron chi connectivity index (χ0n) is 12.1. The molecule has 21 heavy (non-hydrogen) atoms. The molecule has 112 valence electrons. The highest BCUT2D eigenvalue weighted by Crippen LogP contribution is 2.41. The number of nitrogens with zero attached hydrogens (tertiary/aromatic N) is 2. The maximum atomic E-state index is 6.40. The van der Waals surface area contributed by atoms with E-state index in [9.17, 15) is 0 Å². The summed E-state index contributed by atoms with van der Waals surface area (Å²) in [7, 11) is 4.90. The highest BCUT2D eigenvalue weighted by Gasteiger charge is 2.18. The van der Waals surface area contributed by atoms with Crippen molar-refractivity contribution in [2.45, 2.75) is 6.92 Å². The van der Waals surface area contributed by atoms with Crippen LogP contribution >= 0.6 is 27.5 Å². The molecule has 0 bridgehead atoms. The fourth-order valence-corrected chi connectivity index (χ4v) is 2.60. The number of hydrogen-bond donors (Lipinski definition) is 1. The zero-order valence-corrected chi connectivity index (χ0v) is 14.5. The second kappa shape index (κ2) is 6.49. The quantitative estimate of drug-likeness (QED) is 0.881. The van der Waals surface area contributed by atoms with Gasteiger partial charge in [0, 0.05) is 12.6 Å². The van der Waals surface area contributed by atoms with Crippen LogP contribution in [0.1, 0.15) is 5.69 Å². The van der Waals surface area contributed by atoms with Crippen LogP contribution in [0.25, 0.3) is 11.4 Å². The molecule has 0 aliphatic rings. The summed E-state index contributed by atoms with van der Waals surface area (Å²) in [6, 6.07) is 3.59. The van der Waals surface area contributed by atoms with E-state index in [0.717, 1.165) is 10.2 Å². The van der Waals surface area contributed by atoms with Gasteiger partial charge in [-0.05, 0) is 35.0 Å². The van der Waals surface area contributed by atoms with Gasteiger partial charge in [0.2, 0.25) is 0 Å². The van der Waals surface area contributed by atoms with Gasteiger partial charge in [-0.1, -0.05) is 11.6 Å². The van der Waals surface area contributed by atoms with Crippen molar-refractivity contribution < 1.29 is 9.47 Å². The van der Waals surface area contributed by atoms with E-state index in [2.05, 4.69) is 31.2 Å². The average Bonchev–Trinajstić information content (AvgIpc) is 2.49. The van der Waals surface area contributed by atoms with Crippen molar-refractivity contribution >= 4 is 33.3 Å². The Morgan fingerprint density at radius 1 is 1.19 bits per heavy atom. The van der Waals surface area contributed by atoms with E-state index in [4.69, 9.17) is 21.1 Å². The lowest BCUT2D eigenvalue weighted by molar-refractivity contribution is 0.355. The van der Waals surface area contributed by atoms with Gasteiger partial charge in [0.05, 0.1) is 29.4 Å². The first-order valence-corrected chi connectivity index (χ1v) is 7.33. The summed E-state index contributed by atoms with van der Waals surface area (Å²) in [5.41, 5.74) is 1.50. The summed E-state index contributed by atoms with van der Waals surface area (Å²) in [5, 5.41) is 3.44. The van der Waals surface area contributed by atoms with E-state index in [0.29, 0.717) is 33.7 Å². The lowest BCUT2D eigenvalue weighted by Crippen LogP contribution is -2.02. The van der Waals surface area contributed by atoms with Crippen LogP contribution < -0.4 is 14.8 Å². The summed E-state index contributed by atoms with van der Waals surface area (Å²) >= 11 is 9.85. The molecule has 0 unspecified atom stereocenters. The van der Waals surface area contributed by atoms with Gasteiger partial charge in [0.15, 0.2) is 17.3 Å². The molecule has 0 aliphatic heterocycles. The fourth-order valence-electron chi connectivity index (χ4n) is 1.91. The van der Waals surface area contributed by atoms with Crippen LogP contribution in [0.5, 0.6) is 11.5 Å². The SMILES string of the molecule is CNc1nc(-c2ccc(OC)c(OC)c2Cl)nc(C)c1Br. The standard InChI is InChI=1S/C14H15BrClN3O2/c1-7-10(15)14(17-2)19-13(18-7)8-5-6-9(20-3)12(21-4)11(8)16/h5-6H,1-4H3,(H,17,18,19). The number of benzene rings is 1. The molecule has 0 fully saturated rings. The molecular formula is C14H15BrClN3O2. The molecule has 0 radical (unpaired) electrons. The molecule has 0 aliphatic carbocycles. The normalized spacial score (nSPS) is 10.4. The maximum absolute atomic E-state index is 6.40. The van der Waals surface area contributed by atoms with Crippen LogP contribution in [0.15, 0.2) is 16.6 Å². The predicted molar refractivity (Wildman–Crippen MR) is 87.6 cm³/mol. The Morgan fingerprint density at radius 2 is 1.90 bits per heavy atom. The van der Waals surface area contributed by atoms with Crippen molar-refractivity contribution in [3.63, 3.8) is 0 Å². The van der Waals surface area contributed by atoms with Gasteiger partial charge in [0.25, 0.3) is 0 Å². The molecule has 0 saturated heterocycles. The van der Waals surface area contributed by atoms with Crippen LogP contribution in [0.3, 0.4) is 0 Å². The Kier molecular flexibility index (Phi) is 4.90. The molecule has 0 saturated carbocycles. The molecule has 5 nitrogen and oxygen atoms in total. The number of ether oxygens (including phenoxy) is 2. The number of aromatic nitrogens is 2. The molecule has 1 heterocycles. The van der Waals surface area contributed by atoms with Crippen LogP contribution in [0.2, 0.25) is 5.02 Å². The third-order valence-electron chi connectivity index (χ3n) is 2.98. The number of methoxy groups -OCH3 is 2. The maximum Gasteiger partial charge on any atom is 0.180 e. The number of nitrogens with one attached hydrogen (secondary N) is 1. The van der Waals surface area contributed by atoms with E-state index in [-0.39, 0.29) is 0 Å². The second-order valence-electron chi connectivity index (χ2n) is 4.21. The third kappa shape index (κ3) is 2.91. The smallest absolute Gasteiger partial charge is 0.180 e. The number of anilines is 1. The molecule has 1 aromatic heterocycles. The summed E-state index contributed by atoms with van der Waals surface area (Å²) in [5.74, 6) is 2.25. The van der Waals surface area contributed by atoms with Crippen molar-refractivity contribution in [2.75, 3.05) is 26.6 Å². The first-order valence-electron chi connectivity index (χ1n) is 6.16. The first kappa shape index (κ1) is 15.9. The summed E-state index contributed by atoms with van der Waals surface area (Å²) in [4.78, 5) is 8.93. The highest BCUT2D eigenvalue weighted by atomic mass is 79.9. The second-order valence-corrected chi connectivity index (χ2v) is 5.38. The van der Waals surface area contributed by atoms with Gasteiger partial charge >= 0.3 is 0 Å². The van der Waals surface area contributed by atoms with Crippen LogP contribution in [-0.2, 0) is 0 Å². The Labute approximate surface area is 136 Å². The molecule has 7 heteroatoms. The molecule has 0 amide bonds. The number of halogens is 2. The topological polar surface area (TPSA) is 56.3 Å². The minimum atomic E-state index is 0.417. The summed E-state index contributed by atoms with van der Waals surface area (Å²) < 4.78 is 11.4. The zero-order chi connectivity index (χ0) is 15.6. The number of hydrogen-bond acceptors (Lipinski definition) is 5. The molecular weight excluding hydrogens is 358 g/mol. The van der Waals surface area contributed by atoms with Gasteiger partial charge in [0.1, 0.15) is 5.82 Å². The van der Waals surface area contributed by atoms with Gasteiger partial charge in [-0.3, -0.25) is 0 Å². The van der Waals surface area contributed by atoms with Gasteiger partial charge in [-0.15, -0.1) is 0 Å². The largest absolute Gasteiger partial charge is 0.493 e. The molecule has 1 aromatic carbocycles. The Hall–Kier alpha value is -1.53. The van der Waals surface area contributed by atoms with Crippen molar-refractivity contribution in [1.82, 2.24) is 9.97 Å². The minimum absolute atomic E-state index is 0.417. The molecule has 2 rings (SSSR count). The highest BCUT2D eigenvalue weighted by molar-refractivity contribution is 9.10. The fraction of sp³-hybridized carbons (Fsp3) is 0.286. The van der Waals surface area contributed by atoms with Crippen LogP contribution in [0.4, 0.5) is 5.82 Å². The Bertz CT molecular complexity index is 680. The van der Waals surface area contributed by atoms with E-state index in [1.165, 1.54) is 0 Å². The van der Waals surface area contributed by atoms with Gasteiger partial charge in [-0.25, -0.2) is 9.97 Å². The molecule has 2 aromatic rings. The molecule has 1 N–H and O–H groups in total. The molecule has 0 atom stereocenters. The lowest BCUT2D eigenvalue weighted by Gasteiger charge is -2.13.